The number of nitrogens with zero attached hydrogens (tertiary/aromatic N) is 2. The molecule has 0 radical (unpaired) electrons. The Morgan fingerprint density at radius 2 is 1.40 bits per heavy atom. The molecule has 8 heteroatoms. The molecule has 2 fully saturated rings. The summed E-state index contributed by atoms with van der Waals surface area (Å²) >= 11 is 1.58. The highest BCUT2D eigenvalue weighted by atomic mass is 32.2. The van der Waals surface area contributed by atoms with Crippen molar-refractivity contribution in [2.24, 2.45) is 0 Å². The van der Waals surface area contributed by atoms with Crippen molar-refractivity contribution in [2.75, 3.05) is 12.9 Å². The summed E-state index contributed by atoms with van der Waals surface area (Å²) in [5.74, 6) is -0.753. The molecule has 5 aromatic rings. The van der Waals surface area contributed by atoms with Crippen LogP contribution in [-0.4, -0.2) is 51.9 Å². The molecular formula is C34H33N3O4S. The number of aromatic amines is 1. The Balaban J connectivity index is 1.28. The van der Waals surface area contributed by atoms with Gasteiger partial charge in [-0.15, -0.1) is 11.8 Å². The number of thioether (sulfide) groups is 1. The van der Waals surface area contributed by atoms with E-state index in [0.29, 0.717) is 0 Å². The molecule has 42 heavy (non-hydrogen) atoms. The van der Waals surface area contributed by atoms with Crippen LogP contribution in [0.25, 0.3) is 11.0 Å². The van der Waals surface area contributed by atoms with Crippen LogP contribution in [0.15, 0.2) is 109 Å². The first-order valence-corrected chi connectivity index (χ1v) is 15.4. The van der Waals surface area contributed by atoms with Crippen LogP contribution >= 0.6 is 11.8 Å². The number of aromatic nitrogens is 3. The van der Waals surface area contributed by atoms with Crippen molar-refractivity contribution < 1.29 is 18.9 Å². The van der Waals surface area contributed by atoms with Crippen molar-refractivity contribution in [3.8, 4) is 0 Å². The molecule has 214 valence electrons. The van der Waals surface area contributed by atoms with E-state index in [2.05, 4.69) is 87.7 Å². The highest BCUT2D eigenvalue weighted by Crippen LogP contribution is 2.48. The molecule has 0 spiro atoms. The summed E-state index contributed by atoms with van der Waals surface area (Å²) in [6.45, 7) is 4.18. The number of rotatable bonds is 8. The Morgan fingerprint density at radius 3 is 1.98 bits per heavy atom. The van der Waals surface area contributed by atoms with Gasteiger partial charge in [0.1, 0.15) is 41.4 Å². The first kappa shape index (κ1) is 27.3. The lowest BCUT2D eigenvalue weighted by Crippen LogP contribution is -2.39. The Kier molecular flexibility index (Phi) is 7.12. The van der Waals surface area contributed by atoms with Crippen LogP contribution in [0.1, 0.15) is 42.2 Å². The molecule has 4 atom stereocenters. The van der Waals surface area contributed by atoms with Gasteiger partial charge in [-0.25, -0.2) is 9.97 Å². The minimum atomic E-state index is -0.864. The Labute approximate surface area is 249 Å². The lowest BCUT2D eigenvalue weighted by Gasteiger charge is -2.37. The van der Waals surface area contributed by atoms with E-state index in [0.717, 1.165) is 38.3 Å². The van der Waals surface area contributed by atoms with Crippen LogP contribution in [0, 0.1) is 0 Å². The molecule has 2 aliphatic rings. The summed E-state index contributed by atoms with van der Waals surface area (Å²) < 4.78 is 26.9. The second-order valence-electron chi connectivity index (χ2n) is 11.1. The quantitative estimate of drug-likeness (QED) is 0.125. The van der Waals surface area contributed by atoms with Gasteiger partial charge in [-0.05, 0) is 36.8 Å². The zero-order valence-electron chi connectivity index (χ0n) is 23.8. The van der Waals surface area contributed by atoms with Crippen molar-refractivity contribution in [3.63, 3.8) is 0 Å². The van der Waals surface area contributed by atoms with E-state index in [4.69, 9.17) is 18.9 Å². The van der Waals surface area contributed by atoms with Gasteiger partial charge in [0.25, 0.3) is 0 Å². The van der Waals surface area contributed by atoms with Crippen LogP contribution in [0.3, 0.4) is 0 Å². The number of nitrogens with one attached hydrogen (secondary N) is 1. The molecular weight excluding hydrogens is 546 g/mol. The summed E-state index contributed by atoms with van der Waals surface area (Å²) in [4.78, 5) is 12.4. The summed E-state index contributed by atoms with van der Waals surface area (Å²) in [6.07, 6.45) is 4.15. The third-order valence-corrected chi connectivity index (χ3v) is 8.81. The topological polar surface area (TPSA) is 78.5 Å². The summed E-state index contributed by atoms with van der Waals surface area (Å²) in [5.41, 5.74) is 4.91. The van der Waals surface area contributed by atoms with Gasteiger partial charge >= 0.3 is 0 Å². The fourth-order valence-electron chi connectivity index (χ4n) is 6.35. The molecule has 4 heterocycles. The lowest BCUT2D eigenvalue weighted by molar-refractivity contribution is -0.196. The van der Waals surface area contributed by atoms with Crippen molar-refractivity contribution in [2.45, 2.75) is 54.7 Å². The van der Waals surface area contributed by atoms with E-state index >= 15 is 0 Å². The number of ether oxygens (including phenoxy) is 4. The van der Waals surface area contributed by atoms with Crippen LogP contribution in [0.2, 0.25) is 0 Å². The van der Waals surface area contributed by atoms with E-state index in [9.17, 15) is 0 Å². The van der Waals surface area contributed by atoms with Crippen LogP contribution in [0.4, 0.5) is 0 Å². The van der Waals surface area contributed by atoms with Crippen LogP contribution in [0.5, 0.6) is 0 Å². The largest absolute Gasteiger partial charge is 0.362 e. The number of hydrogen-bond acceptors (Lipinski definition) is 7. The normalized spacial score (nSPS) is 23.3. The second-order valence-corrected chi connectivity index (χ2v) is 11.9. The zero-order valence-corrected chi connectivity index (χ0v) is 24.6. The molecule has 1 N–H and O–H groups in total. The molecule has 7 rings (SSSR count). The first-order chi connectivity index (χ1) is 20.5. The van der Waals surface area contributed by atoms with Gasteiger partial charge in [0.05, 0.1) is 17.6 Å². The maximum atomic E-state index is 7.14. The molecule has 7 nitrogen and oxygen atoms in total. The smallest absolute Gasteiger partial charge is 0.164 e. The number of benzene rings is 3. The molecule has 0 bridgehead atoms. The van der Waals surface area contributed by atoms with Gasteiger partial charge in [0.15, 0.2) is 5.79 Å². The van der Waals surface area contributed by atoms with E-state index < -0.39 is 11.4 Å². The highest BCUT2D eigenvalue weighted by molar-refractivity contribution is 7.98. The predicted molar refractivity (Wildman–Crippen MR) is 162 cm³/mol. The average molecular weight is 580 g/mol. The minimum absolute atomic E-state index is 0.281. The fourth-order valence-corrected chi connectivity index (χ4v) is 6.86. The minimum Gasteiger partial charge on any atom is -0.362 e. The third kappa shape index (κ3) is 4.64. The maximum absolute atomic E-state index is 7.14. The number of H-pyrrole nitrogens is 1. The molecule has 2 aliphatic heterocycles. The Bertz CT molecular complexity index is 1570. The standard InChI is InChI=1S/C34H33N3O4S/c1-33(2)40-30-26(39-29(31(30)41-33)25-19-35-28-27(25)36-21-37-32(28)42-3)20-38-34(22-13-7-4-8-14-22,23-15-9-5-10-16-23)24-17-11-6-12-18-24/h4-19,21,26,29-31,35H,20H2,1-3H3/t26-,29+,30-,31+/m1/s1. The molecule has 0 unspecified atom stereocenters. The van der Waals surface area contributed by atoms with Gasteiger partial charge in [-0.1, -0.05) is 91.0 Å². The number of hydrogen-bond donors (Lipinski definition) is 1. The first-order valence-electron chi connectivity index (χ1n) is 14.2. The molecule has 2 saturated heterocycles. The predicted octanol–water partition coefficient (Wildman–Crippen LogP) is 6.65. The van der Waals surface area contributed by atoms with Gasteiger partial charge in [-0.3, -0.25) is 0 Å². The summed E-state index contributed by atoms with van der Waals surface area (Å²) in [5, 5.41) is 0.892. The molecule has 0 amide bonds. The molecule has 0 aliphatic carbocycles. The van der Waals surface area contributed by atoms with Crippen molar-refractivity contribution in [1.29, 1.82) is 0 Å². The third-order valence-electron chi connectivity index (χ3n) is 8.11. The van der Waals surface area contributed by atoms with Gasteiger partial charge in [-0.2, -0.15) is 0 Å². The molecule has 3 aromatic carbocycles. The fraction of sp³-hybridized carbons (Fsp3) is 0.294. The zero-order chi connectivity index (χ0) is 28.7. The number of fused-ring (bicyclic) bond motifs is 2. The van der Waals surface area contributed by atoms with Crippen molar-refractivity contribution in [1.82, 2.24) is 15.0 Å². The van der Waals surface area contributed by atoms with Crippen molar-refractivity contribution >= 4 is 22.8 Å². The molecule has 0 saturated carbocycles. The van der Waals surface area contributed by atoms with Crippen molar-refractivity contribution in [3.05, 3.63) is 126 Å². The lowest BCUT2D eigenvalue weighted by atomic mass is 9.80. The van der Waals surface area contributed by atoms with E-state index in [1.54, 1.807) is 18.1 Å². The maximum Gasteiger partial charge on any atom is 0.164 e. The van der Waals surface area contributed by atoms with Crippen LogP contribution < -0.4 is 0 Å². The van der Waals surface area contributed by atoms with E-state index in [1.165, 1.54) is 0 Å². The van der Waals surface area contributed by atoms with Crippen LogP contribution in [-0.2, 0) is 24.5 Å². The Morgan fingerprint density at radius 1 is 0.833 bits per heavy atom. The Hall–Kier alpha value is -3.53. The van der Waals surface area contributed by atoms with Gasteiger partial charge in [0, 0.05) is 11.8 Å². The van der Waals surface area contributed by atoms with E-state index in [1.807, 2.05) is 44.5 Å². The second kappa shape index (κ2) is 10.9. The highest BCUT2D eigenvalue weighted by Gasteiger charge is 2.56. The summed E-state index contributed by atoms with van der Waals surface area (Å²) in [7, 11) is 0. The average Bonchev–Trinajstić information content (AvgIpc) is 3.70. The monoisotopic (exact) mass is 579 g/mol. The molecule has 2 aromatic heterocycles. The van der Waals surface area contributed by atoms with Gasteiger partial charge in [0.2, 0.25) is 0 Å². The van der Waals surface area contributed by atoms with Gasteiger partial charge < -0.3 is 23.9 Å². The SMILES string of the molecule is CSc1ncnc2c([C@@H]3O[C@H](COC(c4ccccc4)(c4ccccc4)c4ccccc4)[C@H]4OC(C)(C)O[C@H]43)c[nH]c12. The van der Waals surface area contributed by atoms with E-state index in [-0.39, 0.29) is 31.0 Å². The summed E-state index contributed by atoms with van der Waals surface area (Å²) in [6, 6.07) is 31.1.